The molecular weight excluding hydrogens is 1350 g/mol. The molecule has 4 nitrogen and oxygen atoms in total. The summed E-state index contributed by atoms with van der Waals surface area (Å²) < 4.78 is 5.20. The molecule has 112 heavy (non-hydrogen) atoms. The van der Waals surface area contributed by atoms with E-state index in [1.54, 1.807) is 0 Å². The van der Waals surface area contributed by atoms with Crippen molar-refractivity contribution in [1.29, 1.82) is 0 Å². The Balaban J connectivity index is 1.10. The molecule has 2 aliphatic rings. The van der Waals surface area contributed by atoms with Gasteiger partial charge in [-0.1, -0.05) is 284 Å². The Kier molecular flexibility index (Phi) is 18.9. The van der Waals surface area contributed by atoms with Crippen molar-refractivity contribution in [3.63, 3.8) is 0 Å². The van der Waals surface area contributed by atoms with E-state index in [-0.39, 0.29) is 55.4 Å². The van der Waals surface area contributed by atoms with Crippen molar-refractivity contribution in [2.75, 3.05) is 9.80 Å². The van der Waals surface area contributed by atoms with Gasteiger partial charge in [-0.3, -0.25) is 0 Å². The maximum atomic E-state index is 2.75. The largest absolute Gasteiger partial charge is 0.311 e. The first kappa shape index (κ1) is 78.0. The lowest BCUT2D eigenvalue weighted by atomic mass is 9.33. The average molecular weight is 1480 g/mol. The third kappa shape index (κ3) is 15.3. The van der Waals surface area contributed by atoms with E-state index in [9.17, 15) is 0 Å². The molecule has 0 fully saturated rings. The molecule has 2 aromatic heterocycles. The topological polar surface area (TPSA) is 16.3 Å². The highest BCUT2D eigenvalue weighted by atomic mass is 15.2. The standard InChI is InChI=1S/C107H125BN4/c1-99(2,3)62-67-34-44-90-82(50-67)83-51-68(63-100(4,5)6)35-45-91(83)109(90)78-40-42-86-94(60-78)111(88-48-38-76(106(22,23)24)58-80(88)72-30-28-32-74(56-72)104(16,17)18)96-54-71(66-103(13,14)15)55-97-98(96)108(86)87-43-41-79(110-92-46-36-69(64-101(7,8)9)52-84(92)85-53-70(37-47-93(85)110)65-102(10,11)12)61-95(87)112(97)89-49-39-77(107(25,26)27)59-81(89)73-31-29-33-75(57-73)105(19,20)21/h28-61H,62-66H2,1-27H3. The van der Waals surface area contributed by atoms with Gasteiger partial charge in [0.15, 0.2) is 0 Å². The number of hydrogen-bond donors (Lipinski definition) is 0. The molecule has 0 saturated carbocycles. The molecule has 0 aliphatic carbocycles. The molecule has 0 unspecified atom stereocenters. The highest BCUT2D eigenvalue weighted by Gasteiger charge is 2.46. The third-order valence-corrected chi connectivity index (χ3v) is 23.4. The molecular formula is C107H125BN4. The summed E-state index contributed by atoms with van der Waals surface area (Å²) in [7, 11) is 0. The maximum absolute atomic E-state index is 2.75. The molecule has 13 aromatic rings. The first-order valence-electron chi connectivity index (χ1n) is 41.8. The van der Waals surface area contributed by atoms with Crippen LogP contribution in [0.5, 0.6) is 0 Å². The van der Waals surface area contributed by atoms with Crippen LogP contribution >= 0.6 is 0 Å². The fourth-order valence-corrected chi connectivity index (χ4v) is 18.4. The molecule has 2 aliphatic heterocycles. The normalized spacial score (nSPS) is 14.0. The minimum Gasteiger partial charge on any atom is -0.311 e. The van der Waals surface area contributed by atoms with E-state index in [2.05, 4.69) is 412 Å². The molecule has 0 bridgehead atoms. The Bertz CT molecular complexity index is 5380. The van der Waals surface area contributed by atoms with Gasteiger partial charge in [0.05, 0.1) is 33.4 Å². The van der Waals surface area contributed by atoms with Crippen LogP contribution in [0.3, 0.4) is 0 Å². The predicted molar refractivity (Wildman–Crippen MR) is 491 cm³/mol. The van der Waals surface area contributed by atoms with E-state index in [4.69, 9.17) is 0 Å². The zero-order valence-electron chi connectivity index (χ0n) is 73.0. The van der Waals surface area contributed by atoms with Crippen molar-refractivity contribution >= 4 is 101 Å². The molecule has 0 spiro atoms. The number of anilines is 6. The summed E-state index contributed by atoms with van der Waals surface area (Å²) in [5.41, 5.74) is 35.1. The Morgan fingerprint density at radius 1 is 0.241 bits per heavy atom. The van der Waals surface area contributed by atoms with Crippen LogP contribution in [0.1, 0.15) is 237 Å². The van der Waals surface area contributed by atoms with Gasteiger partial charge in [-0.05, 0) is 268 Å². The van der Waals surface area contributed by atoms with Crippen LogP contribution in [0.25, 0.3) is 77.2 Å². The fraction of sp³-hybridized carbons (Fsp3) is 0.383. The first-order chi connectivity index (χ1) is 52.1. The second-order valence-electron chi connectivity index (χ2n) is 44.0. The van der Waals surface area contributed by atoms with Gasteiger partial charge in [0.1, 0.15) is 0 Å². The van der Waals surface area contributed by atoms with E-state index in [0.29, 0.717) is 0 Å². The highest BCUT2D eigenvalue weighted by molar-refractivity contribution is 7.00. The van der Waals surface area contributed by atoms with Crippen LogP contribution in [-0.2, 0) is 53.8 Å². The lowest BCUT2D eigenvalue weighted by molar-refractivity contribution is 0.411. The van der Waals surface area contributed by atoms with E-state index >= 15 is 0 Å². The fourth-order valence-electron chi connectivity index (χ4n) is 18.4. The second kappa shape index (κ2) is 27.2. The van der Waals surface area contributed by atoms with Crippen LogP contribution in [-0.4, -0.2) is 15.8 Å². The molecule has 0 atom stereocenters. The smallest absolute Gasteiger partial charge is 0.252 e. The summed E-state index contributed by atoms with van der Waals surface area (Å²) in [5, 5.41) is 5.22. The molecule has 0 radical (unpaired) electrons. The number of aromatic nitrogens is 2. The molecule has 5 heteroatoms. The minimum atomic E-state index is -0.187. The molecule has 11 aromatic carbocycles. The van der Waals surface area contributed by atoms with Crippen molar-refractivity contribution in [1.82, 2.24) is 9.13 Å². The van der Waals surface area contributed by atoms with Gasteiger partial charge >= 0.3 is 0 Å². The summed E-state index contributed by atoms with van der Waals surface area (Å²) in [5.74, 6) is 0. The number of benzene rings is 11. The van der Waals surface area contributed by atoms with Gasteiger partial charge in [0.2, 0.25) is 0 Å². The SMILES string of the molecule is CC(C)(C)Cc1cc2c3c(c1)N(c1ccc(C(C)(C)C)cc1-c1cccc(C(C)(C)C)c1)c1cc(-n4c5ccc(CC(C)(C)C)cc5c5cc(CC(C)(C)C)ccc54)ccc1B3c1ccc(-n3c4ccc(CC(C)(C)C)cc4c4cc(CC(C)(C)C)ccc43)cc1N2c1ccc(C(C)(C)C)cc1-c1cccc(C(C)(C)C)c1. The summed E-state index contributed by atoms with van der Waals surface area (Å²) in [4.78, 5) is 5.49. The van der Waals surface area contributed by atoms with Crippen molar-refractivity contribution < 1.29 is 0 Å². The zero-order valence-corrected chi connectivity index (χ0v) is 73.0. The van der Waals surface area contributed by atoms with Crippen molar-refractivity contribution in [2.24, 2.45) is 27.1 Å². The van der Waals surface area contributed by atoms with Crippen LogP contribution < -0.4 is 26.2 Å². The van der Waals surface area contributed by atoms with E-state index in [1.807, 2.05) is 0 Å². The van der Waals surface area contributed by atoms with Gasteiger partial charge in [-0.2, -0.15) is 0 Å². The first-order valence-corrected chi connectivity index (χ1v) is 41.8. The third-order valence-electron chi connectivity index (χ3n) is 23.4. The number of hydrogen-bond acceptors (Lipinski definition) is 2. The van der Waals surface area contributed by atoms with Gasteiger partial charge in [0.25, 0.3) is 6.71 Å². The second-order valence-corrected chi connectivity index (χ2v) is 44.0. The number of rotatable bonds is 11. The lowest BCUT2D eigenvalue weighted by Gasteiger charge is -2.45. The van der Waals surface area contributed by atoms with E-state index in [1.165, 1.54) is 155 Å². The minimum absolute atomic E-state index is 0.0681. The number of nitrogens with zero attached hydrogens (tertiary/aromatic N) is 4. The molecule has 576 valence electrons. The maximum Gasteiger partial charge on any atom is 0.252 e. The van der Waals surface area contributed by atoms with E-state index in [0.717, 1.165) is 54.9 Å². The van der Waals surface area contributed by atoms with Gasteiger partial charge in [-0.25, -0.2) is 0 Å². The van der Waals surface area contributed by atoms with Crippen LogP contribution in [0.2, 0.25) is 0 Å². The predicted octanol–water partition coefficient (Wildman–Crippen LogP) is 28.4. The monoisotopic (exact) mass is 1480 g/mol. The van der Waals surface area contributed by atoms with E-state index < -0.39 is 0 Å². The summed E-state index contributed by atoms with van der Waals surface area (Å²) in [6.07, 6.45) is 4.82. The van der Waals surface area contributed by atoms with Crippen LogP contribution in [0.4, 0.5) is 34.1 Å². The molecule has 0 amide bonds. The molecule has 4 heterocycles. The molecule has 0 saturated heterocycles. The summed E-state index contributed by atoms with van der Waals surface area (Å²) in [6.45, 7) is 63.8. The summed E-state index contributed by atoms with van der Waals surface area (Å²) in [6, 6.07) is 83.8. The molecule has 15 rings (SSSR count). The Labute approximate surface area is 673 Å². The Morgan fingerprint density at radius 2 is 0.536 bits per heavy atom. The van der Waals surface area contributed by atoms with Crippen LogP contribution in [0, 0.1) is 27.1 Å². The molecule has 0 N–H and O–H groups in total. The average Bonchev–Trinajstić information content (AvgIpc) is 0.727. The van der Waals surface area contributed by atoms with Crippen molar-refractivity contribution in [2.45, 2.75) is 241 Å². The van der Waals surface area contributed by atoms with Crippen molar-refractivity contribution in [3.05, 3.63) is 256 Å². The highest BCUT2D eigenvalue weighted by Crippen LogP contribution is 2.53. The van der Waals surface area contributed by atoms with Gasteiger partial charge in [0, 0.05) is 66.8 Å². The summed E-state index contributed by atoms with van der Waals surface area (Å²) >= 11 is 0. The van der Waals surface area contributed by atoms with Crippen LogP contribution in [0.15, 0.2) is 206 Å². The Hall–Kier alpha value is -9.32. The Morgan fingerprint density at radius 3 is 0.830 bits per heavy atom. The quantitative estimate of drug-likeness (QED) is 0.120. The van der Waals surface area contributed by atoms with Crippen molar-refractivity contribution in [3.8, 4) is 33.6 Å². The van der Waals surface area contributed by atoms with Gasteiger partial charge < -0.3 is 18.9 Å². The number of fused-ring (bicyclic) bond motifs is 10. The van der Waals surface area contributed by atoms with Gasteiger partial charge in [-0.15, -0.1) is 0 Å². The zero-order chi connectivity index (χ0) is 80.4. The lowest BCUT2D eigenvalue weighted by Crippen LogP contribution is -2.61.